The summed E-state index contributed by atoms with van der Waals surface area (Å²) in [6.07, 6.45) is 5.35. The van der Waals surface area contributed by atoms with Crippen molar-refractivity contribution in [1.82, 2.24) is 4.57 Å². The monoisotopic (exact) mass is 388 g/mol. The standard InChI is InChI=1S/C27H20N2O/c1-18-12-14-22-25-21-11-7-6-8-19(21)13-15-23(25)30-26(22)24(18)27-28(2)16-17-29(27)20-9-4-3-5-10-20/h3-16H,1-2H3. The Morgan fingerprint density at radius 2 is 1.63 bits per heavy atom. The molecule has 0 atom stereocenters. The van der Waals surface area contributed by atoms with E-state index in [1.807, 2.05) is 24.4 Å². The second-order valence-corrected chi connectivity index (χ2v) is 7.76. The van der Waals surface area contributed by atoms with Crippen molar-refractivity contribution in [3.05, 3.63) is 96.8 Å². The van der Waals surface area contributed by atoms with E-state index in [-0.39, 0.29) is 0 Å². The average molecular weight is 388 g/mol. The summed E-state index contributed by atoms with van der Waals surface area (Å²) in [7, 11) is 2.06. The first-order chi connectivity index (χ1) is 14.7. The van der Waals surface area contributed by atoms with Crippen LogP contribution in [0.25, 0.3) is 49.8 Å². The number of aryl methyl sites for hydroxylation is 2. The molecule has 6 aromatic rings. The number of para-hydroxylation sites is 1. The highest BCUT2D eigenvalue weighted by atomic mass is 16.3. The molecular formula is C27H20N2O. The summed E-state index contributed by atoms with van der Waals surface area (Å²) in [5, 5.41) is 4.76. The molecule has 3 heteroatoms. The third-order valence-corrected chi connectivity index (χ3v) is 5.90. The van der Waals surface area contributed by atoms with Crippen LogP contribution >= 0.6 is 0 Å². The Morgan fingerprint density at radius 3 is 2.50 bits per heavy atom. The van der Waals surface area contributed by atoms with Gasteiger partial charge in [0.2, 0.25) is 0 Å². The molecule has 0 aliphatic rings. The maximum atomic E-state index is 6.50. The van der Waals surface area contributed by atoms with Gasteiger partial charge in [0.25, 0.3) is 0 Å². The Labute approximate surface area is 174 Å². The number of hydrogen-bond acceptors (Lipinski definition) is 1. The number of benzene rings is 4. The van der Waals surface area contributed by atoms with Crippen LogP contribution in [0.5, 0.6) is 0 Å². The predicted octanol–water partition coefficient (Wildman–Crippen LogP) is 6.13. The van der Waals surface area contributed by atoms with E-state index < -0.39 is 0 Å². The van der Waals surface area contributed by atoms with Crippen molar-refractivity contribution in [1.29, 1.82) is 0 Å². The molecule has 0 unspecified atom stereocenters. The third kappa shape index (κ3) is 2.35. The average Bonchev–Trinajstić information content (AvgIpc) is 3.35. The van der Waals surface area contributed by atoms with E-state index in [1.54, 1.807) is 0 Å². The van der Waals surface area contributed by atoms with Crippen molar-refractivity contribution < 1.29 is 8.98 Å². The second kappa shape index (κ2) is 6.33. The molecule has 0 spiro atoms. The quantitative estimate of drug-likeness (QED) is 0.258. The van der Waals surface area contributed by atoms with E-state index in [1.165, 1.54) is 21.7 Å². The van der Waals surface area contributed by atoms with Gasteiger partial charge in [-0.25, -0.2) is 0 Å². The molecule has 6 rings (SSSR count). The van der Waals surface area contributed by atoms with Gasteiger partial charge in [-0.2, -0.15) is 0 Å². The molecule has 0 aliphatic carbocycles. The number of furan rings is 1. The van der Waals surface area contributed by atoms with E-state index in [9.17, 15) is 0 Å². The molecule has 2 heterocycles. The van der Waals surface area contributed by atoms with Gasteiger partial charge in [0.05, 0.1) is 25.0 Å². The van der Waals surface area contributed by atoms with Crippen LogP contribution in [0.2, 0.25) is 0 Å². The van der Waals surface area contributed by atoms with E-state index in [4.69, 9.17) is 4.42 Å². The van der Waals surface area contributed by atoms with Crippen LogP contribution in [-0.4, -0.2) is 4.57 Å². The number of hydrogen-bond donors (Lipinski definition) is 0. The van der Waals surface area contributed by atoms with Gasteiger partial charge in [0, 0.05) is 16.5 Å². The van der Waals surface area contributed by atoms with Gasteiger partial charge >= 0.3 is 0 Å². The second-order valence-electron chi connectivity index (χ2n) is 7.76. The molecular weight excluding hydrogens is 368 g/mol. The SMILES string of the molecule is Cc1ccc2c(oc3ccc4ccccc4c32)c1-c1n(C)c[c-][n+]1-c1ccccc1. The Kier molecular flexibility index (Phi) is 3.59. The zero-order valence-electron chi connectivity index (χ0n) is 16.9. The molecule has 0 aliphatic heterocycles. The summed E-state index contributed by atoms with van der Waals surface area (Å²) in [6.45, 7) is 2.14. The van der Waals surface area contributed by atoms with Crippen molar-refractivity contribution in [3.63, 3.8) is 0 Å². The lowest BCUT2D eigenvalue weighted by Crippen LogP contribution is -2.32. The minimum atomic E-state index is 0.917. The summed E-state index contributed by atoms with van der Waals surface area (Å²) in [5.41, 5.74) is 5.18. The summed E-state index contributed by atoms with van der Waals surface area (Å²) in [4.78, 5) is 0. The molecule has 0 bridgehead atoms. The number of nitrogens with zero attached hydrogens (tertiary/aromatic N) is 2. The molecule has 0 saturated heterocycles. The van der Waals surface area contributed by atoms with Crippen molar-refractivity contribution in [2.24, 2.45) is 7.05 Å². The van der Waals surface area contributed by atoms with Crippen LogP contribution in [-0.2, 0) is 7.05 Å². The van der Waals surface area contributed by atoms with Crippen LogP contribution in [0.1, 0.15) is 5.56 Å². The summed E-state index contributed by atoms with van der Waals surface area (Å²) in [6, 6.07) is 27.4. The van der Waals surface area contributed by atoms with Gasteiger partial charge in [-0.1, -0.05) is 72.8 Å². The van der Waals surface area contributed by atoms with Crippen molar-refractivity contribution in [2.45, 2.75) is 6.92 Å². The molecule has 3 nitrogen and oxygen atoms in total. The molecule has 0 N–H and O–H groups in total. The van der Waals surface area contributed by atoms with Gasteiger partial charge in [-0.05, 0) is 29.3 Å². The fourth-order valence-electron chi connectivity index (χ4n) is 4.47. The zero-order valence-corrected chi connectivity index (χ0v) is 16.9. The molecule has 0 saturated carbocycles. The Balaban J connectivity index is 1.74. The summed E-state index contributed by atoms with van der Waals surface area (Å²) in [5.74, 6) is 1.05. The lowest BCUT2D eigenvalue weighted by Gasteiger charge is -2.14. The molecule has 0 amide bonds. The third-order valence-electron chi connectivity index (χ3n) is 5.90. The van der Waals surface area contributed by atoms with E-state index in [0.717, 1.165) is 33.6 Å². The lowest BCUT2D eigenvalue weighted by atomic mass is 10.00. The van der Waals surface area contributed by atoms with Gasteiger partial charge < -0.3 is 8.98 Å². The van der Waals surface area contributed by atoms with Crippen LogP contribution < -0.4 is 4.57 Å². The Hall–Kier alpha value is -3.85. The van der Waals surface area contributed by atoms with Crippen LogP contribution in [0.15, 0.2) is 89.5 Å². The number of fused-ring (bicyclic) bond motifs is 5. The van der Waals surface area contributed by atoms with Gasteiger partial charge in [0.1, 0.15) is 11.2 Å². The van der Waals surface area contributed by atoms with Crippen molar-refractivity contribution in [2.75, 3.05) is 0 Å². The van der Waals surface area contributed by atoms with Crippen LogP contribution in [0.3, 0.4) is 0 Å². The first kappa shape index (κ1) is 17.0. The lowest BCUT2D eigenvalue weighted by molar-refractivity contribution is -0.587. The van der Waals surface area contributed by atoms with E-state index in [0.29, 0.717) is 0 Å². The first-order valence-corrected chi connectivity index (χ1v) is 10.1. The highest BCUT2D eigenvalue weighted by molar-refractivity contribution is 6.20. The number of imidazole rings is 1. The highest BCUT2D eigenvalue weighted by Gasteiger charge is 2.21. The molecule has 0 fully saturated rings. The molecule has 144 valence electrons. The van der Waals surface area contributed by atoms with Crippen molar-refractivity contribution >= 4 is 32.7 Å². The van der Waals surface area contributed by atoms with Gasteiger partial charge in [-0.15, -0.1) is 0 Å². The van der Waals surface area contributed by atoms with Crippen LogP contribution in [0.4, 0.5) is 0 Å². The minimum absolute atomic E-state index is 0.917. The highest BCUT2D eigenvalue weighted by Crippen LogP contribution is 2.39. The minimum Gasteiger partial charge on any atom is -0.456 e. The Morgan fingerprint density at radius 1 is 0.833 bits per heavy atom. The van der Waals surface area contributed by atoms with E-state index in [2.05, 4.69) is 90.0 Å². The maximum absolute atomic E-state index is 6.50. The smallest absolute Gasteiger partial charge is 0.189 e. The number of aromatic nitrogens is 2. The largest absolute Gasteiger partial charge is 0.456 e. The fraction of sp³-hybridized carbons (Fsp3) is 0.0741. The fourth-order valence-corrected chi connectivity index (χ4v) is 4.47. The normalized spacial score (nSPS) is 11.7. The van der Waals surface area contributed by atoms with Gasteiger partial charge in [0.15, 0.2) is 5.82 Å². The molecule has 4 aromatic carbocycles. The summed E-state index contributed by atoms with van der Waals surface area (Å²) >= 11 is 0. The molecule has 0 radical (unpaired) electrons. The summed E-state index contributed by atoms with van der Waals surface area (Å²) < 4.78 is 10.7. The Bertz CT molecular complexity index is 1550. The van der Waals surface area contributed by atoms with Crippen molar-refractivity contribution in [3.8, 4) is 17.1 Å². The van der Waals surface area contributed by atoms with Crippen LogP contribution in [0, 0.1) is 13.1 Å². The van der Waals surface area contributed by atoms with E-state index >= 15 is 0 Å². The predicted molar refractivity (Wildman–Crippen MR) is 121 cm³/mol. The first-order valence-electron chi connectivity index (χ1n) is 10.1. The topological polar surface area (TPSA) is 21.9 Å². The number of rotatable bonds is 2. The maximum Gasteiger partial charge on any atom is 0.189 e. The molecule has 2 aromatic heterocycles. The molecule has 30 heavy (non-hydrogen) atoms. The van der Waals surface area contributed by atoms with Gasteiger partial charge in [-0.3, -0.25) is 4.57 Å². The zero-order chi connectivity index (χ0) is 20.2.